The van der Waals surface area contributed by atoms with Crippen molar-refractivity contribution in [2.24, 2.45) is 11.8 Å². The number of aliphatic hydroxyl groups is 1. The molecule has 2 unspecified atom stereocenters. The molecular formula is C30H35N3O5. The van der Waals surface area contributed by atoms with Gasteiger partial charge in [0, 0.05) is 39.0 Å². The van der Waals surface area contributed by atoms with Gasteiger partial charge in [-0.05, 0) is 42.2 Å². The van der Waals surface area contributed by atoms with Crippen LogP contribution in [0, 0.1) is 11.8 Å². The van der Waals surface area contributed by atoms with Gasteiger partial charge in [0.25, 0.3) is 5.91 Å². The maximum Gasteiger partial charge on any atom is 0.253 e. The first-order chi connectivity index (χ1) is 18.4. The molecule has 0 aliphatic carbocycles. The Morgan fingerprint density at radius 2 is 1.87 bits per heavy atom. The minimum absolute atomic E-state index is 0.114. The lowest BCUT2D eigenvalue weighted by Crippen LogP contribution is -2.56. The first-order valence-electron chi connectivity index (χ1n) is 13.2. The van der Waals surface area contributed by atoms with Crippen molar-refractivity contribution in [1.29, 1.82) is 0 Å². The van der Waals surface area contributed by atoms with E-state index in [9.17, 15) is 19.5 Å². The maximum atomic E-state index is 14.5. The van der Waals surface area contributed by atoms with E-state index in [-0.39, 0.29) is 37.4 Å². The lowest BCUT2D eigenvalue weighted by atomic mass is 9.70. The number of anilines is 1. The fourth-order valence-electron chi connectivity index (χ4n) is 6.68. The zero-order valence-electron chi connectivity index (χ0n) is 21.8. The molecule has 1 N–H and O–H groups in total. The third-order valence-electron chi connectivity index (χ3n) is 8.28. The SMILES string of the molecule is C=CCN(C)C(=O)[C@@H]1[C@H]2C(=O)N(CCCO)C(C(=O)N(CC=C)c3ccc4ccccc4c3)C23CC[C@H]1O3. The Balaban J connectivity index is 1.55. The topological polar surface area (TPSA) is 90.4 Å². The van der Waals surface area contributed by atoms with Gasteiger partial charge in [-0.3, -0.25) is 14.4 Å². The number of aliphatic hydroxyl groups excluding tert-OH is 1. The van der Waals surface area contributed by atoms with Crippen molar-refractivity contribution in [1.82, 2.24) is 9.80 Å². The van der Waals surface area contributed by atoms with Crippen molar-refractivity contribution < 1.29 is 24.2 Å². The molecule has 5 atom stereocenters. The van der Waals surface area contributed by atoms with Crippen molar-refractivity contribution in [2.45, 2.75) is 37.0 Å². The predicted octanol–water partition coefficient (Wildman–Crippen LogP) is 2.76. The Kier molecular flexibility index (Phi) is 7.11. The predicted molar refractivity (Wildman–Crippen MR) is 145 cm³/mol. The fraction of sp³-hybridized carbons (Fsp3) is 0.433. The summed E-state index contributed by atoms with van der Waals surface area (Å²) < 4.78 is 6.52. The first kappa shape index (κ1) is 26.1. The van der Waals surface area contributed by atoms with Crippen LogP contribution in [0.4, 0.5) is 5.69 Å². The molecule has 2 aromatic rings. The number of nitrogens with zero attached hydrogens (tertiary/aromatic N) is 3. The van der Waals surface area contributed by atoms with E-state index in [1.807, 2.05) is 42.5 Å². The van der Waals surface area contributed by atoms with Crippen molar-refractivity contribution in [2.75, 3.05) is 38.2 Å². The Morgan fingerprint density at radius 3 is 2.58 bits per heavy atom. The van der Waals surface area contributed by atoms with E-state index in [2.05, 4.69) is 13.2 Å². The molecule has 0 aromatic heterocycles. The smallest absolute Gasteiger partial charge is 0.253 e. The standard InChI is InChI=1S/C30H35N3O5/c1-4-15-31(3)27(35)24-23-13-14-30(38-23)25(24)28(36)33(17-8-18-34)26(30)29(37)32(16-5-2)22-12-11-20-9-6-7-10-21(20)19-22/h4-7,9-12,19,23-26,34H,1-2,8,13-18H2,3H3/t23-,24+,25+,26?,30?/m1/s1. The Hall–Kier alpha value is -3.49. The highest BCUT2D eigenvalue weighted by atomic mass is 16.5. The molecule has 3 saturated heterocycles. The molecule has 3 aliphatic rings. The molecule has 8 heteroatoms. The van der Waals surface area contributed by atoms with Gasteiger partial charge < -0.3 is 24.5 Å². The number of hydrogen-bond donors (Lipinski definition) is 1. The van der Waals surface area contributed by atoms with Gasteiger partial charge in [-0.2, -0.15) is 0 Å². The molecule has 2 aromatic carbocycles. The number of carbonyl (C=O) groups excluding carboxylic acids is 3. The summed E-state index contributed by atoms with van der Waals surface area (Å²) in [5.41, 5.74) is -0.381. The van der Waals surface area contributed by atoms with E-state index in [1.165, 1.54) is 0 Å². The third kappa shape index (κ3) is 4.03. The molecule has 3 amide bonds. The van der Waals surface area contributed by atoms with Crippen LogP contribution in [0.25, 0.3) is 10.8 Å². The number of rotatable bonds is 10. The Morgan fingerprint density at radius 1 is 1.13 bits per heavy atom. The van der Waals surface area contributed by atoms with E-state index in [0.29, 0.717) is 31.5 Å². The number of benzene rings is 2. The van der Waals surface area contributed by atoms with Gasteiger partial charge in [0.1, 0.15) is 11.6 Å². The van der Waals surface area contributed by atoms with Crippen LogP contribution in [0.2, 0.25) is 0 Å². The molecular weight excluding hydrogens is 482 g/mol. The summed E-state index contributed by atoms with van der Waals surface area (Å²) in [4.78, 5) is 46.7. The zero-order valence-corrected chi connectivity index (χ0v) is 21.8. The lowest BCUT2D eigenvalue weighted by molar-refractivity contribution is -0.144. The van der Waals surface area contributed by atoms with Crippen LogP contribution in [-0.4, -0.2) is 83.7 Å². The minimum atomic E-state index is -1.08. The van der Waals surface area contributed by atoms with E-state index in [0.717, 1.165) is 10.8 Å². The second-order valence-corrected chi connectivity index (χ2v) is 10.4. The molecule has 3 heterocycles. The molecule has 1 spiro atoms. The molecule has 5 rings (SSSR count). The zero-order chi connectivity index (χ0) is 27.0. The average Bonchev–Trinajstić information content (AvgIpc) is 3.57. The molecule has 0 saturated carbocycles. The molecule has 3 fully saturated rings. The number of likely N-dealkylation sites (tertiary alicyclic amines) is 1. The first-order valence-corrected chi connectivity index (χ1v) is 13.2. The third-order valence-corrected chi connectivity index (χ3v) is 8.28. The van der Waals surface area contributed by atoms with Gasteiger partial charge >= 0.3 is 0 Å². The Labute approximate surface area is 223 Å². The highest BCUT2D eigenvalue weighted by molar-refractivity contribution is 6.05. The molecule has 3 aliphatic heterocycles. The van der Waals surface area contributed by atoms with Crippen LogP contribution in [0.3, 0.4) is 0 Å². The van der Waals surface area contributed by atoms with Crippen molar-refractivity contribution in [3.63, 3.8) is 0 Å². The van der Waals surface area contributed by atoms with E-state index in [4.69, 9.17) is 4.74 Å². The van der Waals surface area contributed by atoms with Crippen LogP contribution in [0.1, 0.15) is 19.3 Å². The van der Waals surface area contributed by atoms with Crippen molar-refractivity contribution in [3.05, 3.63) is 67.8 Å². The minimum Gasteiger partial charge on any atom is -0.396 e. The van der Waals surface area contributed by atoms with Crippen LogP contribution < -0.4 is 4.90 Å². The van der Waals surface area contributed by atoms with E-state index in [1.54, 1.807) is 33.9 Å². The summed E-state index contributed by atoms with van der Waals surface area (Å²) in [6.45, 7) is 8.30. The second-order valence-electron chi connectivity index (χ2n) is 10.4. The van der Waals surface area contributed by atoms with Gasteiger partial charge in [-0.15, -0.1) is 13.2 Å². The monoisotopic (exact) mass is 517 g/mol. The van der Waals surface area contributed by atoms with Gasteiger partial charge in [-0.25, -0.2) is 0 Å². The molecule has 0 radical (unpaired) electrons. The van der Waals surface area contributed by atoms with Crippen LogP contribution in [-0.2, 0) is 19.1 Å². The van der Waals surface area contributed by atoms with Crippen LogP contribution in [0.5, 0.6) is 0 Å². The normalized spacial score (nSPS) is 27.4. The number of hydrogen-bond acceptors (Lipinski definition) is 5. The number of likely N-dealkylation sites (N-methyl/N-ethyl adjacent to an activating group) is 1. The summed E-state index contributed by atoms with van der Waals surface area (Å²) in [6.07, 6.45) is 4.36. The number of amides is 3. The second kappa shape index (κ2) is 10.3. The highest BCUT2D eigenvalue weighted by Crippen LogP contribution is 2.59. The maximum absolute atomic E-state index is 14.5. The van der Waals surface area contributed by atoms with Gasteiger partial charge in [0.2, 0.25) is 11.8 Å². The van der Waals surface area contributed by atoms with Gasteiger partial charge in [-0.1, -0.05) is 42.5 Å². The Bertz CT molecular complexity index is 1280. The van der Waals surface area contributed by atoms with E-state index >= 15 is 0 Å². The fourth-order valence-corrected chi connectivity index (χ4v) is 6.68. The quantitative estimate of drug-likeness (QED) is 0.490. The van der Waals surface area contributed by atoms with Crippen LogP contribution >= 0.6 is 0 Å². The lowest BCUT2D eigenvalue weighted by Gasteiger charge is -2.37. The molecule has 38 heavy (non-hydrogen) atoms. The highest BCUT2D eigenvalue weighted by Gasteiger charge is 2.74. The van der Waals surface area contributed by atoms with E-state index < -0.39 is 29.6 Å². The number of fused-ring (bicyclic) bond motifs is 2. The number of carbonyl (C=O) groups is 3. The van der Waals surface area contributed by atoms with Crippen LogP contribution in [0.15, 0.2) is 67.8 Å². The summed E-state index contributed by atoms with van der Waals surface area (Å²) in [5, 5.41) is 11.6. The number of ether oxygens (including phenoxy) is 1. The van der Waals surface area contributed by atoms with Crippen molar-refractivity contribution >= 4 is 34.2 Å². The largest absolute Gasteiger partial charge is 0.396 e. The summed E-state index contributed by atoms with van der Waals surface area (Å²) in [7, 11) is 1.69. The molecule has 8 nitrogen and oxygen atoms in total. The summed E-state index contributed by atoms with van der Waals surface area (Å²) in [5.74, 6) is -2.06. The molecule has 200 valence electrons. The van der Waals surface area contributed by atoms with Gasteiger partial charge in [0.15, 0.2) is 0 Å². The van der Waals surface area contributed by atoms with Crippen molar-refractivity contribution in [3.8, 4) is 0 Å². The molecule has 2 bridgehead atoms. The summed E-state index contributed by atoms with van der Waals surface area (Å²) >= 11 is 0. The average molecular weight is 518 g/mol. The summed E-state index contributed by atoms with van der Waals surface area (Å²) in [6, 6.07) is 12.9. The van der Waals surface area contributed by atoms with Gasteiger partial charge in [0.05, 0.1) is 17.9 Å².